The second-order valence-corrected chi connectivity index (χ2v) is 10.8. The number of hydrogen-bond acceptors (Lipinski definition) is 6. The fourth-order valence-electron chi connectivity index (χ4n) is 4.24. The molecule has 3 aromatic rings. The minimum atomic E-state index is -4.20. The Kier molecular flexibility index (Phi) is 9.90. The summed E-state index contributed by atoms with van der Waals surface area (Å²) in [6.45, 7) is -0.0170. The number of unbranched alkanes of at least 4 members (excludes halogenated alkanes) is 2. The quantitative estimate of drug-likeness (QED) is 0.180. The Morgan fingerprint density at radius 3 is 2.08 bits per heavy atom. The molecule has 0 aliphatic heterocycles. The van der Waals surface area contributed by atoms with Gasteiger partial charge in [-0.05, 0) is 61.2 Å². The van der Waals surface area contributed by atoms with Gasteiger partial charge >= 0.3 is 0 Å². The molecular weight excluding hydrogens is 478 g/mol. The van der Waals surface area contributed by atoms with Gasteiger partial charge in [0.1, 0.15) is 11.5 Å². The summed E-state index contributed by atoms with van der Waals surface area (Å²) >= 11 is 0. The molecule has 36 heavy (non-hydrogen) atoms. The Morgan fingerprint density at radius 2 is 1.47 bits per heavy atom. The lowest BCUT2D eigenvalue weighted by molar-refractivity contribution is -0.132. The van der Waals surface area contributed by atoms with E-state index in [-0.39, 0.29) is 24.3 Å². The molecule has 0 aliphatic rings. The molecule has 0 heterocycles. The van der Waals surface area contributed by atoms with E-state index in [0.717, 1.165) is 19.3 Å². The average Bonchev–Trinajstić information content (AvgIpc) is 2.92. The average molecular weight is 512 g/mol. The van der Waals surface area contributed by atoms with Gasteiger partial charge in [0, 0.05) is 6.42 Å². The fraction of sp³-hybridized carbons (Fsp3) is 0.321. The van der Waals surface area contributed by atoms with Crippen molar-refractivity contribution < 1.29 is 27.9 Å². The van der Waals surface area contributed by atoms with Gasteiger partial charge in [0.2, 0.25) is 0 Å². The minimum Gasteiger partial charge on any atom is -0.497 e. The zero-order valence-electron chi connectivity index (χ0n) is 20.4. The Bertz CT molecular complexity index is 1180. The molecule has 0 fully saturated rings. The number of hydroxylamine groups is 1. The highest BCUT2D eigenvalue weighted by atomic mass is 32.2. The largest absolute Gasteiger partial charge is 0.497 e. The first-order valence-electron chi connectivity index (χ1n) is 12.0. The Morgan fingerprint density at radius 1 is 0.833 bits per heavy atom. The molecule has 0 saturated carbocycles. The minimum absolute atomic E-state index is 0.0170. The monoisotopic (exact) mass is 511 g/mol. The number of carbonyl (C=O) groups is 1. The van der Waals surface area contributed by atoms with Crippen LogP contribution < -0.4 is 15.0 Å². The molecule has 1 unspecified atom stereocenters. The Labute approximate surface area is 213 Å². The summed E-state index contributed by atoms with van der Waals surface area (Å²) in [6, 6.07) is 24.9. The van der Waals surface area contributed by atoms with Crippen LogP contribution in [0.15, 0.2) is 89.8 Å². The molecule has 0 spiro atoms. The second-order valence-electron chi connectivity index (χ2n) is 8.57. The smallest absolute Gasteiger partial charge is 0.265 e. The SMILES string of the molecule is COc1ccc(S(=O)(=O)C(CCCCCc2ccccc2)(CCOc2ccccc2)C(=O)NO)cc1. The predicted molar refractivity (Wildman–Crippen MR) is 138 cm³/mol. The lowest BCUT2D eigenvalue weighted by Crippen LogP contribution is -2.52. The number of hydrogen-bond donors (Lipinski definition) is 2. The van der Waals surface area contributed by atoms with Crippen molar-refractivity contribution in [2.24, 2.45) is 0 Å². The molecule has 7 nitrogen and oxygen atoms in total. The lowest BCUT2D eigenvalue weighted by Gasteiger charge is -2.31. The van der Waals surface area contributed by atoms with Crippen molar-refractivity contribution in [3.63, 3.8) is 0 Å². The van der Waals surface area contributed by atoms with Crippen molar-refractivity contribution in [3.8, 4) is 11.5 Å². The number of methoxy groups -OCH3 is 1. The van der Waals surface area contributed by atoms with Crippen LogP contribution in [0.2, 0.25) is 0 Å². The van der Waals surface area contributed by atoms with Gasteiger partial charge in [0.15, 0.2) is 14.6 Å². The maximum atomic E-state index is 13.9. The van der Waals surface area contributed by atoms with E-state index >= 15 is 0 Å². The van der Waals surface area contributed by atoms with Crippen LogP contribution in [0.5, 0.6) is 11.5 Å². The third kappa shape index (κ3) is 6.65. The number of para-hydroxylation sites is 1. The van der Waals surface area contributed by atoms with Crippen LogP contribution in [0.4, 0.5) is 0 Å². The zero-order chi connectivity index (χ0) is 25.9. The Balaban J connectivity index is 1.82. The molecule has 3 aromatic carbocycles. The van der Waals surface area contributed by atoms with E-state index in [1.807, 2.05) is 36.4 Å². The number of nitrogens with one attached hydrogen (secondary N) is 1. The topological polar surface area (TPSA) is 102 Å². The maximum Gasteiger partial charge on any atom is 0.265 e. The zero-order valence-corrected chi connectivity index (χ0v) is 21.2. The maximum absolute atomic E-state index is 13.9. The van der Waals surface area contributed by atoms with Gasteiger partial charge in [-0.25, -0.2) is 13.9 Å². The van der Waals surface area contributed by atoms with E-state index in [1.165, 1.54) is 36.9 Å². The first kappa shape index (κ1) is 27.2. The van der Waals surface area contributed by atoms with Crippen LogP contribution >= 0.6 is 0 Å². The molecule has 1 atom stereocenters. The van der Waals surface area contributed by atoms with Gasteiger partial charge in [-0.1, -0.05) is 61.4 Å². The summed E-state index contributed by atoms with van der Waals surface area (Å²) in [6.07, 6.45) is 2.85. The van der Waals surface area contributed by atoms with Crippen LogP contribution in [-0.4, -0.2) is 38.0 Å². The molecule has 0 aliphatic carbocycles. The molecule has 0 radical (unpaired) electrons. The van der Waals surface area contributed by atoms with E-state index in [9.17, 15) is 18.4 Å². The number of carbonyl (C=O) groups excluding carboxylic acids is 1. The highest BCUT2D eigenvalue weighted by Crippen LogP contribution is 2.35. The van der Waals surface area contributed by atoms with Crippen LogP contribution in [0.25, 0.3) is 0 Å². The van der Waals surface area contributed by atoms with Gasteiger partial charge < -0.3 is 9.47 Å². The van der Waals surface area contributed by atoms with Crippen molar-refractivity contribution in [1.29, 1.82) is 0 Å². The third-order valence-electron chi connectivity index (χ3n) is 6.31. The molecule has 0 aromatic heterocycles. The lowest BCUT2D eigenvalue weighted by atomic mass is 9.95. The molecule has 0 saturated heterocycles. The predicted octanol–water partition coefficient (Wildman–Crippen LogP) is 4.99. The molecule has 0 bridgehead atoms. The van der Waals surface area contributed by atoms with Gasteiger partial charge in [-0.2, -0.15) is 0 Å². The molecule has 3 rings (SSSR count). The summed E-state index contributed by atoms with van der Waals surface area (Å²) in [5, 5.41) is 9.61. The van der Waals surface area contributed by atoms with Gasteiger partial charge in [-0.3, -0.25) is 10.0 Å². The van der Waals surface area contributed by atoms with Gasteiger partial charge in [0.05, 0.1) is 18.6 Å². The summed E-state index contributed by atoms with van der Waals surface area (Å²) in [7, 11) is -2.71. The van der Waals surface area contributed by atoms with E-state index in [1.54, 1.807) is 17.6 Å². The highest BCUT2D eigenvalue weighted by Gasteiger charge is 2.50. The fourth-order valence-corrected chi connectivity index (χ4v) is 6.24. The third-order valence-corrected chi connectivity index (χ3v) is 8.82. The van der Waals surface area contributed by atoms with E-state index in [4.69, 9.17) is 9.47 Å². The molecule has 8 heteroatoms. The number of rotatable bonds is 14. The van der Waals surface area contributed by atoms with E-state index < -0.39 is 20.5 Å². The number of ether oxygens (including phenoxy) is 2. The summed E-state index contributed by atoms with van der Waals surface area (Å²) in [5.74, 6) is 0.109. The van der Waals surface area contributed by atoms with E-state index in [2.05, 4.69) is 12.1 Å². The molecular formula is C28H33NO6S. The van der Waals surface area contributed by atoms with Crippen molar-refractivity contribution in [2.75, 3.05) is 13.7 Å². The molecule has 192 valence electrons. The summed E-state index contributed by atoms with van der Waals surface area (Å²) in [4.78, 5) is 13.1. The van der Waals surface area contributed by atoms with Crippen LogP contribution in [-0.2, 0) is 21.1 Å². The van der Waals surface area contributed by atoms with Crippen LogP contribution in [0.1, 0.15) is 37.7 Å². The van der Waals surface area contributed by atoms with Crippen LogP contribution in [0.3, 0.4) is 0 Å². The van der Waals surface area contributed by atoms with Crippen molar-refractivity contribution in [1.82, 2.24) is 5.48 Å². The van der Waals surface area contributed by atoms with Crippen LogP contribution in [0, 0.1) is 0 Å². The van der Waals surface area contributed by atoms with Gasteiger partial charge in [-0.15, -0.1) is 0 Å². The second kappa shape index (κ2) is 13.1. The standard InChI is InChI=1S/C28H33NO6S/c1-34-24-16-18-26(19-17-24)36(32,33)28(27(30)29-31,21-22-35-25-14-8-3-9-15-25)20-10-4-7-13-23-11-5-2-6-12-23/h2-3,5-6,8-9,11-12,14-19,31H,4,7,10,13,20-22H2,1H3,(H,29,30). The summed E-state index contributed by atoms with van der Waals surface area (Å²) < 4.78 is 36.8. The number of sulfone groups is 1. The van der Waals surface area contributed by atoms with Gasteiger partial charge in [0.25, 0.3) is 5.91 Å². The number of aryl methyl sites for hydroxylation is 1. The van der Waals surface area contributed by atoms with Crippen molar-refractivity contribution in [3.05, 3.63) is 90.5 Å². The van der Waals surface area contributed by atoms with Crippen molar-refractivity contribution in [2.45, 2.75) is 48.2 Å². The first-order valence-corrected chi connectivity index (χ1v) is 13.5. The molecule has 1 amide bonds. The number of amides is 1. The normalized spacial score (nSPS) is 12.9. The molecule has 2 N–H and O–H groups in total. The number of benzene rings is 3. The summed E-state index contributed by atoms with van der Waals surface area (Å²) in [5.41, 5.74) is 2.83. The van der Waals surface area contributed by atoms with Crippen molar-refractivity contribution >= 4 is 15.7 Å². The van der Waals surface area contributed by atoms with E-state index in [0.29, 0.717) is 17.9 Å². The first-order chi connectivity index (χ1) is 17.4. The Hall–Kier alpha value is -3.36. The highest BCUT2D eigenvalue weighted by molar-refractivity contribution is 7.93.